The smallest absolute Gasteiger partial charge is 0.0590 e. The maximum Gasteiger partial charge on any atom is 0.0590 e. The highest BCUT2D eigenvalue weighted by atomic mass is 16.5. The van der Waals surface area contributed by atoms with Crippen LogP contribution in [0, 0.1) is 17.8 Å². The van der Waals surface area contributed by atoms with E-state index in [1.54, 1.807) is 0 Å². The lowest BCUT2D eigenvalue weighted by Crippen LogP contribution is -2.37. The van der Waals surface area contributed by atoms with E-state index < -0.39 is 0 Å². The highest BCUT2D eigenvalue weighted by molar-refractivity contribution is 4.84. The van der Waals surface area contributed by atoms with E-state index in [1.165, 1.54) is 32.1 Å². The number of nitrogens with two attached hydrogens (primary N) is 1. The van der Waals surface area contributed by atoms with Crippen molar-refractivity contribution in [2.45, 2.75) is 64.5 Å². The molecule has 0 spiro atoms. The standard InChI is InChI=1S/C14H27NO/c1-10-5-6-12(8-11(10)2)14(15)9-13-4-3-7-16-13/h10-14H,3-9,15H2,1-2H3. The lowest BCUT2D eigenvalue weighted by Gasteiger charge is -2.36. The van der Waals surface area contributed by atoms with Gasteiger partial charge in [-0.15, -0.1) is 0 Å². The fourth-order valence-corrected chi connectivity index (χ4v) is 3.30. The van der Waals surface area contributed by atoms with E-state index in [0.717, 1.165) is 30.8 Å². The predicted molar refractivity (Wildman–Crippen MR) is 67.2 cm³/mol. The Hall–Kier alpha value is -0.0800. The first-order valence-corrected chi connectivity index (χ1v) is 7.04. The van der Waals surface area contributed by atoms with E-state index in [2.05, 4.69) is 13.8 Å². The summed E-state index contributed by atoms with van der Waals surface area (Å²) >= 11 is 0. The van der Waals surface area contributed by atoms with Crippen LogP contribution >= 0.6 is 0 Å². The summed E-state index contributed by atoms with van der Waals surface area (Å²) in [5.41, 5.74) is 6.36. The molecule has 2 aliphatic rings. The van der Waals surface area contributed by atoms with Crippen LogP contribution in [0.4, 0.5) is 0 Å². The minimum Gasteiger partial charge on any atom is -0.378 e. The van der Waals surface area contributed by atoms with Gasteiger partial charge >= 0.3 is 0 Å². The van der Waals surface area contributed by atoms with Crippen LogP contribution in [0.5, 0.6) is 0 Å². The largest absolute Gasteiger partial charge is 0.378 e. The second-order valence-electron chi connectivity index (χ2n) is 6.06. The topological polar surface area (TPSA) is 35.2 Å². The van der Waals surface area contributed by atoms with Crippen molar-refractivity contribution in [2.75, 3.05) is 6.61 Å². The molecule has 94 valence electrons. The molecule has 0 bridgehead atoms. The van der Waals surface area contributed by atoms with Crippen LogP contribution < -0.4 is 5.73 Å². The zero-order chi connectivity index (χ0) is 11.5. The van der Waals surface area contributed by atoms with Gasteiger partial charge < -0.3 is 10.5 Å². The zero-order valence-electron chi connectivity index (χ0n) is 10.8. The molecule has 2 heteroatoms. The monoisotopic (exact) mass is 225 g/mol. The minimum absolute atomic E-state index is 0.373. The third kappa shape index (κ3) is 2.98. The Labute approximate surface area is 99.9 Å². The van der Waals surface area contributed by atoms with Crippen molar-refractivity contribution < 1.29 is 4.74 Å². The molecular formula is C14H27NO. The number of hydrogen-bond acceptors (Lipinski definition) is 2. The molecule has 0 amide bonds. The lowest BCUT2D eigenvalue weighted by molar-refractivity contribution is 0.0828. The average Bonchev–Trinajstić information content (AvgIpc) is 2.74. The highest BCUT2D eigenvalue weighted by Crippen LogP contribution is 2.36. The van der Waals surface area contributed by atoms with Crippen molar-refractivity contribution in [1.82, 2.24) is 0 Å². The lowest BCUT2D eigenvalue weighted by atomic mass is 9.72. The summed E-state index contributed by atoms with van der Waals surface area (Å²) in [5, 5.41) is 0. The summed E-state index contributed by atoms with van der Waals surface area (Å²) in [6, 6.07) is 0.373. The van der Waals surface area contributed by atoms with Crippen molar-refractivity contribution >= 4 is 0 Å². The number of rotatable bonds is 3. The van der Waals surface area contributed by atoms with Gasteiger partial charge in [0.25, 0.3) is 0 Å². The summed E-state index contributed by atoms with van der Waals surface area (Å²) < 4.78 is 5.68. The zero-order valence-corrected chi connectivity index (χ0v) is 10.8. The molecule has 5 unspecified atom stereocenters. The Bertz CT molecular complexity index is 213. The molecule has 0 aromatic heterocycles. The van der Waals surface area contributed by atoms with Crippen molar-refractivity contribution in [3.63, 3.8) is 0 Å². The molecule has 2 N–H and O–H groups in total. The van der Waals surface area contributed by atoms with Crippen LogP contribution in [0.25, 0.3) is 0 Å². The molecule has 1 aliphatic carbocycles. The summed E-state index contributed by atoms with van der Waals surface area (Å²) in [6.07, 6.45) is 8.04. The minimum atomic E-state index is 0.373. The quantitative estimate of drug-likeness (QED) is 0.801. The molecule has 0 radical (unpaired) electrons. The van der Waals surface area contributed by atoms with Crippen LogP contribution in [0.2, 0.25) is 0 Å². The molecule has 1 saturated heterocycles. The molecule has 1 aliphatic heterocycles. The van der Waals surface area contributed by atoms with Gasteiger partial charge in [0.1, 0.15) is 0 Å². The molecule has 1 heterocycles. The molecular weight excluding hydrogens is 198 g/mol. The van der Waals surface area contributed by atoms with Gasteiger partial charge in [-0.3, -0.25) is 0 Å². The SMILES string of the molecule is CC1CCC(C(N)CC2CCCO2)CC1C. The normalized spacial score (nSPS) is 42.2. The second kappa shape index (κ2) is 5.50. The summed E-state index contributed by atoms with van der Waals surface area (Å²) in [7, 11) is 0. The van der Waals surface area contributed by atoms with E-state index in [-0.39, 0.29) is 0 Å². The molecule has 2 nitrogen and oxygen atoms in total. The molecule has 1 saturated carbocycles. The fourth-order valence-electron chi connectivity index (χ4n) is 3.30. The van der Waals surface area contributed by atoms with E-state index in [0.29, 0.717) is 12.1 Å². The van der Waals surface area contributed by atoms with Gasteiger partial charge in [0.15, 0.2) is 0 Å². The van der Waals surface area contributed by atoms with Gasteiger partial charge in [0.2, 0.25) is 0 Å². The van der Waals surface area contributed by atoms with Gasteiger partial charge in [-0.05, 0) is 49.9 Å². The van der Waals surface area contributed by atoms with Crippen LogP contribution in [0.1, 0.15) is 52.4 Å². The second-order valence-corrected chi connectivity index (χ2v) is 6.06. The van der Waals surface area contributed by atoms with Crippen molar-refractivity contribution in [2.24, 2.45) is 23.5 Å². The van der Waals surface area contributed by atoms with Crippen LogP contribution in [-0.4, -0.2) is 18.8 Å². The first-order valence-electron chi connectivity index (χ1n) is 7.04. The molecule has 2 rings (SSSR count). The number of hydrogen-bond donors (Lipinski definition) is 1. The Balaban J connectivity index is 1.78. The van der Waals surface area contributed by atoms with Crippen molar-refractivity contribution in [3.8, 4) is 0 Å². The van der Waals surface area contributed by atoms with Gasteiger partial charge in [-0.25, -0.2) is 0 Å². The number of ether oxygens (including phenoxy) is 1. The maximum absolute atomic E-state index is 6.36. The molecule has 0 aromatic carbocycles. The molecule has 16 heavy (non-hydrogen) atoms. The first kappa shape index (κ1) is 12.4. The van der Waals surface area contributed by atoms with Gasteiger partial charge in [-0.1, -0.05) is 20.3 Å². The Morgan fingerprint density at radius 3 is 2.62 bits per heavy atom. The molecule has 5 atom stereocenters. The first-order chi connectivity index (χ1) is 7.66. The third-order valence-corrected chi connectivity index (χ3v) is 4.80. The third-order valence-electron chi connectivity index (χ3n) is 4.80. The maximum atomic E-state index is 6.36. The summed E-state index contributed by atoms with van der Waals surface area (Å²) in [5.74, 6) is 2.50. The van der Waals surface area contributed by atoms with E-state index in [9.17, 15) is 0 Å². The molecule has 2 fully saturated rings. The van der Waals surface area contributed by atoms with Crippen molar-refractivity contribution in [3.05, 3.63) is 0 Å². The summed E-state index contributed by atoms with van der Waals surface area (Å²) in [6.45, 7) is 5.72. The van der Waals surface area contributed by atoms with Gasteiger partial charge in [-0.2, -0.15) is 0 Å². The van der Waals surface area contributed by atoms with Crippen LogP contribution in [0.15, 0.2) is 0 Å². The molecule has 0 aromatic rings. The summed E-state index contributed by atoms with van der Waals surface area (Å²) in [4.78, 5) is 0. The van der Waals surface area contributed by atoms with E-state index in [1.807, 2.05) is 0 Å². The van der Waals surface area contributed by atoms with Crippen LogP contribution in [-0.2, 0) is 4.74 Å². The van der Waals surface area contributed by atoms with Gasteiger partial charge in [0.05, 0.1) is 6.10 Å². The van der Waals surface area contributed by atoms with E-state index >= 15 is 0 Å². The van der Waals surface area contributed by atoms with E-state index in [4.69, 9.17) is 10.5 Å². The fraction of sp³-hybridized carbons (Fsp3) is 1.00. The highest BCUT2D eigenvalue weighted by Gasteiger charge is 2.30. The van der Waals surface area contributed by atoms with Crippen molar-refractivity contribution in [1.29, 1.82) is 0 Å². The predicted octanol–water partition coefficient (Wildman–Crippen LogP) is 2.96. The van der Waals surface area contributed by atoms with Crippen LogP contribution in [0.3, 0.4) is 0 Å². The average molecular weight is 225 g/mol. The Morgan fingerprint density at radius 2 is 2.00 bits per heavy atom. The van der Waals surface area contributed by atoms with Gasteiger partial charge in [0, 0.05) is 12.6 Å². The Kier molecular flexibility index (Phi) is 4.26. The Morgan fingerprint density at radius 1 is 1.19 bits per heavy atom.